The van der Waals surface area contributed by atoms with Crippen molar-refractivity contribution in [3.05, 3.63) is 0 Å². The van der Waals surface area contributed by atoms with E-state index >= 15 is 0 Å². The number of nitrogens with zero attached hydrogens (tertiary/aromatic N) is 1. The average molecular weight is 302 g/mol. The lowest BCUT2D eigenvalue weighted by atomic mass is 10.0. The van der Waals surface area contributed by atoms with Gasteiger partial charge in [-0.1, -0.05) is 6.92 Å². The van der Waals surface area contributed by atoms with E-state index in [9.17, 15) is 18.0 Å². The van der Waals surface area contributed by atoms with Crippen molar-refractivity contribution in [2.45, 2.75) is 51.2 Å². The number of carbonyl (C=O) groups is 2. The van der Waals surface area contributed by atoms with Crippen LogP contribution >= 0.6 is 0 Å². The number of rotatable bonds is 5. The molecule has 1 heterocycles. The molecule has 2 fully saturated rings. The van der Waals surface area contributed by atoms with Gasteiger partial charge in [0.2, 0.25) is 11.8 Å². The van der Waals surface area contributed by atoms with Gasteiger partial charge in [-0.15, -0.1) is 0 Å². The molecular weight excluding hydrogens is 280 g/mol. The van der Waals surface area contributed by atoms with Gasteiger partial charge in [0.15, 0.2) is 0 Å². The summed E-state index contributed by atoms with van der Waals surface area (Å²) in [6.45, 7) is 3.53. The SMILES string of the molecule is CCC1C(=O)NC(C2CC2)C(=O)N1C(C)CS(C)(=O)=O. The van der Waals surface area contributed by atoms with Crippen molar-refractivity contribution in [2.75, 3.05) is 12.0 Å². The summed E-state index contributed by atoms with van der Waals surface area (Å²) in [5, 5.41) is 2.80. The maximum absolute atomic E-state index is 12.6. The molecule has 114 valence electrons. The van der Waals surface area contributed by atoms with Crippen LogP contribution in [0.2, 0.25) is 0 Å². The summed E-state index contributed by atoms with van der Waals surface area (Å²) in [7, 11) is -3.19. The smallest absolute Gasteiger partial charge is 0.246 e. The first-order valence-electron chi connectivity index (χ1n) is 7.05. The van der Waals surface area contributed by atoms with E-state index in [0.29, 0.717) is 6.42 Å². The van der Waals surface area contributed by atoms with Crippen LogP contribution < -0.4 is 5.32 Å². The lowest BCUT2D eigenvalue weighted by Crippen LogP contribution is -2.66. The predicted molar refractivity (Wildman–Crippen MR) is 74.8 cm³/mol. The largest absolute Gasteiger partial charge is 0.342 e. The van der Waals surface area contributed by atoms with Crippen molar-refractivity contribution in [1.82, 2.24) is 10.2 Å². The fourth-order valence-electron chi connectivity index (χ4n) is 2.93. The van der Waals surface area contributed by atoms with Crippen LogP contribution in [0.3, 0.4) is 0 Å². The zero-order chi connectivity index (χ0) is 15.1. The second-order valence-corrected chi connectivity index (χ2v) is 8.12. The van der Waals surface area contributed by atoms with Gasteiger partial charge in [-0.2, -0.15) is 0 Å². The second-order valence-electron chi connectivity index (χ2n) is 5.93. The molecule has 2 aliphatic rings. The summed E-state index contributed by atoms with van der Waals surface area (Å²) in [5.41, 5.74) is 0. The average Bonchev–Trinajstić information content (AvgIpc) is 3.12. The maximum Gasteiger partial charge on any atom is 0.246 e. The number of nitrogens with one attached hydrogen (secondary N) is 1. The van der Waals surface area contributed by atoms with E-state index in [-0.39, 0.29) is 23.5 Å². The van der Waals surface area contributed by atoms with Gasteiger partial charge in [0.25, 0.3) is 0 Å². The number of carbonyl (C=O) groups excluding carboxylic acids is 2. The molecule has 1 aliphatic heterocycles. The highest BCUT2D eigenvalue weighted by Gasteiger charge is 2.47. The highest BCUT2D eigenvalue weighted by atomic mass is 32.2. The van der Waals surface area contributed by atoms with Crippen LogP contribution in [0.15, 0.2) is 0 Å². The Kier molecular flexibility index (Phi) is 4.09. The van der Waals surface area contributed by atoms with E-state index in [4.69, 9.17) is 0 Å². The van der Waals surface area contributed by atoms with Crippen LogP contribution in [0.5, 0.6) is 0 Å². The number of amides is 2. The molecular formula is C13H22N2O4S. The van der Waals surface area contributed by atoms with Gasteiger partial charge < -0.3 is 10.2 Å². The topological polar surface area (TPSA) is 83.6 Å². The molecule has 6 nitrogen and oxygen atoms in total. The van der Waals surface area contributed by atoms with Crippen LogP contribution in [0.4, 0.5) is 0 Å². The Hall–Kier alpha value is -1.11. The number of hydrogen-bond donors (Lipinski definition) is 1. The minimum Gasteiger partial charge on any atom is -0.342 e. The Bertz CT molecular complexity index is 512. The third kappa shape index (κ3) is 3.13. The first kappa shape index (κ1) is 15.3. The molecule has 0 bridgehead atoms. The normalized spacial score (nSPS) is 29.2. The summed E-state index contributed by atoms with van der Waals surface area (Å²) >= 11 is 0. The predicted octanol–water partition coefficient (Wildman–Crippen LogP) is -0.0649. The number of sulfone groups is 1. The van der Waals surface area contributed by atoms with Gasteiger partial charge in [-0.05, 0) is 32.1 Å². The molecule has 2 amide bonds. The number of piperazine rings is 1. The maximum atomic E-state index is 12.6. The zero-order valence-electron chi connectivity index (χ0n) is 12.1. The van der Waals surface area contributed by atoms with Gasteiger partial charge in [0, 0.05) is 12.3 Å². The van der Waals surface area contributed by atoms with Crippen molar-refractivity contribution in [2.24, 2.45) is 5.92 Å². The van der Waals surface area contributed by atoms with Gasteiger partial charge in [0.1, 0.15) is 21.9 Å². The minimum atomic E-state index is -3.19. The molecule has 1 N–H and O–H groups in total. The van der Waals surface area contributed by atoms with Gasteiger partial charge in [-0.3, -0.25) is 9.59 Å². The van der Waals surface area contributed by atoms with Gasteiger partial charge in [0.05, 0.1) is 5.75 Å². The summed E-state index contributed by atoms with van der Waals surface area (Å²) in [6.07, 6.45) is 3.53. The third-order valence-electron chi connectivity index (χ3n) is 3.96. The molecule has 1 aliphatic carbocycles. The first-order valence-corrected chi connectivity index (χ1v) is 9.11. The Morgan fingerprint density at radius 3 is 2.40 bits per heavy atom. The van der Waals surface area contributed by atoms with Crippen LogP contribution in [0.1, 0.15) is 33.1 Å². The lowest BCUT2D eigenvalue weighted by Gasteiger charge is -2.42. The van der Waals surface area contributed by atoms with Crippen molar-refractivity contribution in [1.29, 1.82) is 0 Å². The Labute approximate surface area is 119 Å². The van der Waals surface area contributed by atoms with E-state index in [1.165, 1.54) is 4.90 Å². The fraction of sp³-hybridized carbons (Fsp3) is 0.846. The van der Waals surface area contributed by atoms with E-state index in [1.807, 2.05) is 6.92 Å². The first-order chi connectivity index (χ1) is 9.24. The van der Waals surface area contributed by atoms with Crippen LogP contribution in [0.25, 0.3) is 0 Å². The van der Waals surface area contributed by atoms with E-state index < -0.39 is 28.0 Å². The van der Waals surface area contributed by atoms with Crippen molar-refractivity contribution in [3.8, 4) is 0 Å². The number of hydrogen-bond acceptors (Lipinski definition) is 4. The molecule has 1 saturated heterocycles. The second kappa shape index (κ2) is 5.35. The summed E-state index contributed by atoms with van der Waals surface area (Å²) in [6, 6.07) is -1.50. The standard InChI is InChI=1S/C13H22N2O4S/c1-4-10-12(16)14-11(9-5-6-9)13(17)15(10)8(2)7-20(3,18)19/h8-11H,4-7H2,1-3H3,(H,14,16). The van der Waals surface area contributed by atoms with E-state index in [1.54, 1.807) is 6.92 Å². The van der Waals surface area contributed by atoms with E-state index in [0.717, 1.165) is 19.1 Å². The molecule has 3 unspecified atom stereocenters. The third-order valence-corrected chi connectivity index (χ3v) is 5.04. The molecule has 7 heteroatoms. The summed E-state index contributed by atoms with van der Waals surface area (Å²) < 4.78 is 22.9. The lowest BCUT2D eigenvalue weighted by molar-refractivity contribution is -0.152. The Morgan fingerprint density at radius 2 is 1.95 bits per heavy atom. The molecule has 0 aromatic carbocycles. The van der Waals surface area contributed by atoms with Crippen molar-refractivity contribution < 1.29 is 18.0 Å². The monoisotopic (exact) mass is 302 g/mol. The summed E-state index contributed by atoms with van der Waals surface area (Å²) in [5.74, 6) is -0.184. The molecule has 0 aromatic rings. The summed E-state index contributed by atoms with van der Waals surface area (Å²) in [4.78, 5) is 26.2. The van der Waals surface area contributed by atoms with Crippen LogP contribution in [-0.4, -0.2) is 55.3 Å². The molecule has 20 heavy (non-hydrogen) atoms. The molecule has 2 rings (SSSR count). The quantitative estimate of drug-likeness (QED) is 0.771. The fourth-order valence-corrected chi connectivity index (χ4v) is 3.96. The van der Waals surface area contributed by atoms with Gasteiger partial charge in [-0.25, -0.2) is 8.42 Å². The highest BCUT2D eigenvalue weighted by Crippen LogP contribution is 2.35. The molecule has 1 saturated carbocycles. The Balaban J connectivity index is 2.23. The van der Waals surface area contributed by atoms with E-state index in [2.05, 4.69) is 5.32 Å². The van der Waals surface area contributed by atoms with Crippen LogP contribution in [0, 0.1) is 5.92 Å². The minimum absolute atomic E-state index is 0.111. The molecule has 0 radical (unpaired) electrons. The van der Waals surface area contributed by atoms with Crippen molar-refractivity contribution in [3.63, 3.8) is 0 Å². The Morgan fingerprint density at radius 1 is 1.35 bits per heavy atom. The molecule has 0 spiro atoms. The zero-order valence-corrected chi connectivity index (χ0v) is 12.9. The van der Waals surface area contributed by atoms with Crippen molar-refractivity contribution >= 4 is 21.7 Å². The van der Waals surface area contributed by atoms with Crippen LogP contribution in [-0.2, 0) is 19.4 Å². The molecule has 3 atom stereocenters. The molecule has 0 aromatic heterocycles. The highest BCUT2D eigenvalue weighted by molar-refractivity contribution is 7.90. The van der Waals surface area contributed by atoms with Gasteiger partial charge >= 0.3 is 0 Å².